The van der Waals surface area contributed by atoms with Crippen molar-refractivity contribution in [2.45, 2.75) is 38.8 Å². The summed E-state index contributed by atoms with van der Waals surface area (Å²) in [6, 6.07) is 13.5. The van der Waals surface area contributed by atoms with Gasteiger partial charge in [-0.25, -0.2) is 0 Å². The summed E-state index contributed by atoms with van der Waals surface area (Å²) in [6.07, 6.45) is 1.34. The number of ether oxygens (including phenoxy) is 1. The number of rotatable bonds is 4. The lowest BCUT2D eigenvalue weighted by Gasteiger charge is -2.11. The minimum absolute atomic E-state index is 0.0239. The van der Waals surface area contributed by atoms with Crippen LogP contribution in [0.2, 0.25) is 0 Å². The van der Waals surface area contributed by atoms with Crippen molar-refractivity contribution in [3.63, 3.8) is 0 Å². The van der Waals surface area contributed by atoms with Gasteiger partial charge in [-0.1, -0.05) is 17.3 Å². The molecule has 2 aliphatic rings. The predicted molar refractivity (Wildman–Crippen MR) is 108 cm³/mol. The molecule has 1 amide bonds. The highest BCUT2D eigenvalue weighted by Crippen LogP contribution is 2.45. The average Bonchev–Trinajstić information content (AvgIpc) is 3.42. The summed E-state index contributed by atoms with van der Waals surface area (Å²) >= 11 is 0. The predicted octanol–water partition coefficient (Wildman–Crippen LogP) is 3.80. The maximum absolute atomic E-state index is 11.7. The molecule has 7 nitrogen and oxygen atoms in total. The van der Waals surface area contributed by atoms with Crippen LogP contribution in [0.15, 0.2) is 40.9 Å². The summed E-state index contributed by atoms with van der Waals surface area (Å²) in [4.78, 5) is 16.3. The van der Waals surface area contributed by atoms with Crippen molar-refractivity contribution in [2.24, 2.45) is 5.92 Å². The molecule has 0 radical (unpaired) electrons. The molecule has 3 aromatic rings. The summed E-state index contributed by atoms with van der Waals surface area (Å²) in [5.41, 5.74) is 4.30. The lowest BCUT2D eigenvalue weighted by molar-refractivity contribution is -0.119. The van der Waals surface area contributed by atoms with E-state index in [0.29, 0.717) is 35.0 Å². The Morgan fingerprint density at radius 3 is 2.93 bits per heavy atom. The van der Waals surface area contributed by atoms with Crippen molar-refractivity contribution < 1.29 is 14.1 Å². The molecule has 0 saturated carbocycles. The van der Waals surface area contributed by atoms with Crippen LogP contribution in [-0.2, 0) is 11.2 Å². The Morgan fingerprint density at radius 2 is 2.13 bits per heavy atom. The number of fused-ring (bicyclic) bond motifs is 3. The number of aromatic nitrogens is 2. The van der Waals surface area contributed by atoms with Crippen LogP contribution >= 0.6 is 0 Å². The molecule has 5 rings (SSSR count). The topological polar surface area (TPSA) is 101 Å². The Kier molecular flexibility index (Phi) is 4.28. The van der Waals surface area contributed by atoms with Crippen molar-refractivity contribution >= 4 is 5.91 Å². The van der Waals surface area contributed by atoms with E-state index in [0.717, 1.165) is 23.1 Å². The van der Waals surface area contributed by atoms with E-state index in [-0.39, 0.29) is 24.0 Å². The molecule has 1 unspecified atom stereocenters. The molecule has 150 valence electrons. The zero-order valence-corrected chi connectivity index (χ0v) is 16.7. The van der Waals surface area contributed by atoms with Gasteiger partial charge < -0.3 is 14.6 Å². The van der Waals surface area contributed by atoms with Crippen molar-refractivity contribution in [1.82, 2.24) is 15.5 Å². The quantitative estimate of drug-likeness (QED) is 0.715. The molecule has 1 aliphatic carbocycles. The molecule has 2 heterocycles. The van der Waals surface area contributed by atoms with Crippen LogP contribution in [0.1, 0.15) is 43.0 Å². The van der Waals surface area contributed by atoms with Gasteiger partial charge in [0.1, 0.15) is 11.8 Å². The number of carbonyl (C=O) groups is 1. The molecule has 2 aromatic carbocycles. The minimum Gasteiger partial charge on any atom is -0.490 e. The van der Waals surface area contributed by atoms with Gasteiger partial charge in [0.15, 0.2) is 0 Å². The molecule has 1 aromatic heterocycles. The zero-order valence-electron chi connectivity index (χ0n) is 16.7. The first-order chi connectivity index (χ1) is 14.5. The lowest BCUT2D eigenvalue weighted by Crippen LogP contribution is -2.18. The number of hydrogen-bond acceptors (Lipinski definition) is 6. The number of nitrogens with zero attached hydrogens (tertiary/aromatic N) is 3. The highest BCUT2D eigenvalue weighted by atomic mass is 16.5. The van der Waals surface area contributed by atoms with Crippen molar-refractivity contribution in [1.29, 1.82) is 5.26 Å². The molecule has 0 spiro atoms. The highest BCUT2D eigenvalue weighted by molar-refractivity contribution is 5.81. The summed E-state index contributed by atoms with van der Waals surface area (Å²) in [7, 11) is 0. The second-order valence-corrected chi connectivity index (χ2v) is 8.00. The Labute approximate surface area is 173 Å². The first-order valence-corrected chi connectivity index (χ1v) is 10.00. The van der Waals surface area contributed by atoms with Gasteiger partial charge >= 0.3 is 0 Å². The second-order valence-electron chi connectivity index (χ2n) is 8.00. The van der Waals surface area contributed by atoms with E-state index < -0.39 is 0 Å². The number of amides is 1. The van der Waals surface area contributed by atoms with Crippen LogP contribution in [0.3, 0.4) is 0 Å². The third-order valence-electron chi connectivity index (χ3n) is 5.63. The fourth-order valence-electron chi connectivity index (χ4n) is 4.38. The Morgan fingerprint density at radius 1 is 1.27 bits per heavy atom. The molecular formula is C23H20N4O3. The van der Waals surface area contributed by atoms with Gasteiger partial charge in [0, 0.05) is 17.5 Å². The van der Waals surface area contributed by atoms with Gasteiger partial charge in [-0.3, -0.25) is 4.79 Å². The van der Waals surface area contributed by atoms with Gasteiger partial charge in [-0.2, -0.15) is 10.2 Å². The van der Waals surface area contributed by atoms with Crippen LogP contribution in [-0.4, -0.2) is 22.2 Å². The van der Waals surface area contributed by atoms with Crippen molar-refractivity contribution in [3.05, 3.63) is 53.1 Å². The third-order valence-corrected chi connectivity index (χ3v) is 5.63. The van der Waals surface area contributed by atoms with E-state index >= 15 is 0 Å². The van der Waals surface area contributed by atoms with Crippen LogP contribution < -0.4 is 10.1 Å². The highest BCUT2D eigenvalue weighted by Gasteiger charge is 2.41. The molecule has 1 N–H and O–H groups in total. The summed E-state index contributed by atoms with van der Waals surface area (Å²) < 4.78 is 11.3. The Balaban J connectivity index is 1.48. The Bertz CT molecular complexity index is 1190. The van der Waals surface area contributed by atoms with Gasteiger partial charge in [0.05, 0.1) is 17.7 Å². The van der Waals surface area contributed by atoms with Crippen LogP contribution in [0.25, 0.3) is 22.8 Å². The first kappa shape index (κ1) is 18.4. The maximum Gasteiger partial charge on any atom is 0.258 e. The van der Waals surface area contributed by atoms with Gasteiger partial charge in [-0.15, -0.1) is 0 Å². The lowest BCUT2D eigenvalue weighted by atomic mass is 10.0. The van der Waals surface area contributed by atoms with Crippen molar-refractivity contribution in [3.8, 4) is 34.7 Å². The SMILES string of the molecule is CC(C)Oc1ccc(-c2noc(-c3cccc4c3C[C@@H]3CC(=O)NC43)n2)cc1C#N. The molecule has 0 bridgehead atoms. The largest absolute Gasteiger partial charge is 0.490 e. The third kappa shape index (κ3) is 3.01. The van der Waals surface area contributed by atoms with Crippen LogP contribution in [0, 0.1) is 17.2 Å². The molecule has 1 aliphatic heterocycles. The number of benzene rings is 2. The second kappa shape index (κ2) is 6.99. The van der Waals surface area contributed by atoms with Crippen molar-refractivity contribution in [2.75, 3.05) is 0 Å². The van der Waals surface area contributed by atoms with Gasteiger partial charge in [0.2, 0.25) is 11.7 Å². The average molecular weight is 400 g/mol. The summed E-state index contributed by atoms with van der Waals surface area (Å²) in [5, 5.41) is 16.7. The maximum atomic E-state index is 11.7. The van der Waals surface area contributed by atoms with E-state index in [1.54, 1.807) is 12.1 Å². The fourth-order valence-corrected chi connectivity index (χ4v) is 4.38. The zero-order chi connectivity index (χ0) is 20.8. The monoisotopic (exact) mass is 400 g/mol. The molecule has 2 atom stereocenters. The molecular weight excluding hydrogens is 380 g/mol. The van der Waals surface area contributed by atoms with E-state index in [1.807, 2.05) is 32.0 Å². The molecule has 7 heteroatoms. The number of hydrogen-bond donors (Lipinski definition) is 1. The number of nitrogens with one attached hydrogen (secondary N) is 1. The fraction of sp³-hybridized carbons (Fsp3) is 0.304. The van der Waals surface area contributed by atoms with E-state index in [9.17, 15) is 10.1 Å². The number of carbonyl (C=O) groups excluding carboxylic acids is 1. The van der Waals surface area contributed by atoms with Gasteiger partial charge in [-0.05, 0) is 61.6 Å². The normalized spacial score (nSPS) is 19.3. The summed E-state index contributed by atoms with van der Waals surface area (Å²) in [5.74, 6) is 1.78. The smallest absolute Gasteiger partial charge is 0.258 e. The van der Waals surface area contributed by atoms with E-state index in [4.69, 9.17) is 9.26 Å². The Hall–Kier alpha value is -3.66. The molecule has 1 saturated heterocycles. The van der Waals surface area contributed by atoms with Crippen LogP contribution in [0.5, 0.6) is 5.75 Å². The standard InChI is InChI=1S/C23H20N4O3/c1-12(2)29-19-7-6-13(8-15(19)11-24)22-26-23(30-27-22)17-5-3-4-16-18(17)9-14-10-20(28)25-21(14)16/h3-8,12,14,21H,9-10H2,1-2H3,(H,25,28)/t14-,21?/m1/s1. The summed E-state index contributed by atoms with van der Waals surface area (Å²) in [6.45, 7) is 3.83. The number of nitriles is 1. The van der Waals surface area contributed by atoms with Gasteiger partial charge in [0.25, 0.3) is 5.89 Å². The first-order valence-electron chi connectivity index (χ1n) is 10.00. The molecule has 1 fully saturated rings. The van der Waals surface area contributed by atoms with E-state index in [2.05, 4.69) is 27.6 Å². The van der Waals surface area contributed by atoms with Crippen LogP contribution in [0.4, 0.5) is 0 Å². The minimum atomic E-state index is -0.0239. The molecule has 30 heavy (non-hydrogen) atoms. The van der Waals surface area contributed by atoms with E-state index in [1.165, 1.54) is 0 Å².